The Balaban J connectivity index is 2.56. The van der Waals surface area contributed by atoms with Crippen molar-refractivity contribution in [2.45, 2.75) is 52.6 Å². The van der Waals surface area contributed by atoms with E-state index in [9.17, 15) is 0 Å². The third-order valence-corrected chi connectivity index (χ3v) is 3.99. The van der Waals surface area contributed by atoms with Crippen LogP contribution in [0.1, 0.15) is 40.5 Å². The Morgan fingerprint density at radius 1 is 1.33 bits per heavy atom. The molecule has 0 amide bonds. The fourth-order valence-electron chi connectivity index (χ4n) is 2.89. The first-order valence-corrected chi connectivity index (χ1v) is 7.46. The van der Waals surface area contributed by atoms with E-state index in [0.29, 0.717) is 11.5 Å². The summed E-state index contributed by atoms with van der Waals surface area (Å²) in [5.74, 6) is 0. The molecule has 1 heterocycles. The van der Waals surface area contributed by atoms with Crippen molar-refractivity contribution < 1.29 is 0 Å². The molecular formula is C15H33N3. The van der Waals surface area contributed by atoms with Crippen LogP contribution < -0.4 is 5.32 Å². The van der Waals surface area contributed by atoms with Crippen LogP contribution in [0.15, 0.2) is 0 Å². The Kier molecular flexibility index (Phi) is 6.09. The fourth-order valence-corrected chi connectivity index (χ4v) is 2.89. The Morgan fingerprint density at radius 2 is 2.00 bits per heavy atom. The SMILES string of the molecule is CCNC(CN1CCCC1CN(C)C)C(C)(C)C. The minimum atomic E-state index is 0.335. The molecule has 0 aromatic rings. The molecule has 2 unspecified atom stereocenters. The molecule has 1 fully saturated rings. The summed E-state index contributed by atoms with van der Waals surface area (Å²) in [7, 11) is 4.37. The summed E-state index contributed by atoms with van der Waals surface area (Å²) < 4.78 is 0. The molecule has 1 aliphatic rings. The average molecular weight is 255 g/mol. The summed E-state index contributed by atoms with van der Waals surface area (Å²) in [5, 5.41) is 3.67. The second-order valence-corrected chi connectivity index (χ2v) is 7.03. The summed E-state index contributed by atoms with van der Waals surface area (Å²) >= 11 is 0. The molecular weight excluding hydrogens is 222 g/mol. The van der Waals surface area contributed by atoms with E-state index in [-0.39, 0.29) is 0 Å². The molecule has 1 saturated heterocycles. The molecule has 3 heteroatoms. The van der Waals surface area contributed by atoms with Crippen LogP contribution in [0.25, 0.3) is 0 Å². The van der Waals surface area contributed by atoms with E-state index < -0.39 is 0 Å². The van der Waals surface area contributed by atoms with Crippen molar-refractivity contribution in [3.63, 3.8) is 0 Å². The average Bonchev–Trinajstić information content (AvgIpc) is 2.62. The van der Waals surface area contributed by atoms with Gasteiger partial charge in [-0.2, -0.15) is 0 Å². The molecule has 1 N–H and O–H groups in total. The van der Waals surface area contributed by atoms with E-state index in [2.05, 4.69) is 56.9 Å². The Hall–Kier alpha value is -0.120. The zero-order chi connectivity index (χ0) is 13.8. The standard InChI is InChI=1S/C15H33N3/c1-7-16-14(15(2,3)4)12-18-10-8-9-13(18)11-17(5)6/h13-14,16H,7-12H2,1-6H3. The lowest BCUT2D eigenvalue weighted by Crippen LogP contribution is -2.51. The van der Waals surface area contributed by atoms with E-state index in [1.807, 2.05) is 0 Å². The zero-order valence-electron chi connectivity index (χ0n) is 13.3. The van der Waals surface area contributed by atoms with E-state index >= 15 is 0 Å². The van der Waals surface area contributed by atoms with Gasteiger partial charge in [0.25, 0.3) is 0 Å². The monoisotopic (exact) mass is 255 g/mol. The highest BCUT2D eigenvalue weighted by Gasteiger charge is 2.31. The molecule has 0 aliphatic carbocycles. The molecule has 1 aliphatic heterocycles. The van der Waals surface area contributed by atoms with Crippen LogP contribution >= 0.6 is 0 Å². The van der Waals surface area contributed by atoms with Gasteiger partial charge in [0, 0.05) is 25.2 Å². The molecule has 0 radical (unpaired) electrons. The topological polar surface area (TPSA) is 18.5 Å². The predicted octanol–water partition coefficient (Wildman–Crippen LogP) is 2.04. The first kappa shape index (κ1) is 15.9. The number of rotatable bonds is 6. The minimum Gasteiger partial charge on any atom is -0.312 e. The van der Waals surface area contributed by atoms with Gasteiger partial charge in [0.05, 0.1) is 0 Å². The molecule has 3 nitrogen and oxygen atoms in total. The predicted molar refractivity (Wildman–Crippen MR) is 80.1 cm³/mol. The second kappa shape index (κ2) is 6.88. The lowest BCUT2D eigenvalue weighted by molar-refractivity contribution is 0.147. The molecule has 0 aromatic carbocycles. The number of likely N-dealkylation sites (N-methyl/N-ethyl adjacent to an activating group) is 2. The van der Waals surface area contributed by atoms with Crippen LogP contribution in [0, 0.1) is 5.41 Å². The van der Waals surface area contributed by atoms with Gasteiger partial charge in [-0.25, -0.2) is 0 Å². The normalized spacial score (nSPS) is 23.8. The van der Waals surface area contributed by atoms with Crippen molar-refractivity contribution in [2.24, 2.45) is 5.41 Å². The van der Waals surface area contributed by atoms with Crippen molar-refractivity contribution in [3.8, 4) is 0 Å². The van der Waals surface area contributed by atoms with Crippen molar-refractivity contribution in [2.75, 3.05) is 40.3 Å². The molecule has 108 valence electrons. The maximum atomic E-state index is 3.67. The number of hydrogen-bond acceptors (Lipinski definition) is 3. The number of hydrogen-bond donors (Lipinski definition) is 1. The van der Waals surface area contributed by atoms with Gasteiger partial charge in [0.2, 0.25) is 0 Å². The highest BCUT2D eigenvalue weighted by molar-refractivity contribution is 4.88. The van der Waals surface area contributed by atoms with Crippen LogP contribution in [0.5, 0.6) is 0 Å². The smallest absolute Gasteiger partial charge is 0.0243 e. The van der Waals surface area contributed by atoms with Crippen molar-refractivity contribution >= 4 is 0 Å². The summed E-state index contributed by atoms with van der Waals surface area (Å²) in [6, 6.07) is 1.34. The summed E-state index contributed by atoms with van der Waals surface area (Å²) in [5.41, 5.74) is 0.335. The first-order valence-electron chi connectivity index (χ1n) is 7.46. The van der Waals surface area contributed by atoms with Gasteiger partial charge in [-0.05, 0) is 45.4 Å². The Morgan fingerprint density at radius 3 is 2.50 bits per heavy atom. The summed E-state index contributed by atoms with van der Waals surface area (Å²) in [6.45, 7) is 14.0. The Labute approximate surface area is 114 Å². The highest BCUT2D eigenvalue weighted by Crippen LogP contribution is 2.24. The van der Waals surface area contributed by atoms with Gasteiger partial charge in [0.1, 0.15) is 0 Å². The van der Waals surface area contributed by atoms with E-state index in [1.165, 1.54) is 32.5 Å². The quantitative estimate of drug-likeness (QED) is 0.783. The van der Waals surface area contributed by atoms with Crippen molar-refractivity contribution in [3.05, 3.63) is 0 Å². The third kappa shape index (κ3) is 4.87. The lowest BCUT2D eigenvalue weighted by Gasteiger charge is -2.37. The van der Waals surface area contributed by atoms with Gasteiger partial charge < -0.3 is 10.2 Å². The number of nitrogens with one attached hydrogen (secondary N) is 1. The van der Waals surface area contributed by atoms with Gasteiger partial charge in [-0.1, -0.05) is 27.7 Å². The van der Waals surface area contributed by atoms with Gasteiger partial charge in [-0.15, -0.1) is 0 Å². The molecule has 1 rings (SSSR count). The van der Waals surface area contributed by atoms with Crippen LogP contribution in [-0.2, 0) is 0 Å². The van der Waals surface area contributed by atoms with Gasteiger partial charge in [-0.3, -0.25) is 4.90 Å². The van der Waals surface area contributed by atoms with E-state index in [1.54, 1.807) is 0 Å². The Bertz CT molecular complexity index is 232. The molecule has 0 spiro atoms. The first-order chi connectivity index (χ1) is 8.34. The largest absolute Gasteiger partial charge is 0.312 e. The number of likely N-dealkylation sites (tertiary alicyclic amines) is 1. The zero-order valence-corrected chi connectivity index (χ0v) is 13.3. The second-order valence-electron chi connectivity index (χ2n) is 7.03. The molecule has 0 aromatic heterocycles. The van der Waals surface area contributed by atoms with Crippen LogP contribution in [-0.4, -0.2) is 62.2 Å². The maximum Gasteiger partial charge on any atom is 0.0243 e. The van der Waals surface area contributed by atoms with Gasteiger partial charge >= 0.3 is 0 Å². The van der Waals surface area contributed by atoms with E-state index in [0.717, 1.165) is 12.6 Å². The summed E-state index contributed by atoms with van der Waals surface area (Å²) in [6.07, 6.45) is 2.72. The lowest BCUT2D eigenvalue weighted by atomic mass is 9.86. The van der Waals surface area contributed by atoms with Crippen LogP contribution in [0.3, 0.4) is 0 Å². The maximum absolute atomic E-state index is 3.67. The summed E-state index contributed by atoms with van der Waals surface area (Å²) in [4.78, 5) is 5.01. The van der Waals surface area contributed by atoms with Crippen molar-refractivity contribution in [1.82, 2.24) is 15.1 Å². The molecule has 18 heavy (non-hydrogen) atoms. The van der Waals surface area contributed by atoms with Crippen molar-refractivity contribution in [1.29, 1.82) is 0 Å². The number of nitrogens with zero attached hydrogens (tertiary/aromatic N) is 2. The fraction of sp³-hybridized carbons (Fsp3) is 1.00. The minimum absolute atomic E-state index is 0.335. The highest BCUT2D eigenvalue weighted by atomic mass is 15.2. The third-order valence-electron chi connectivity index (χ3n) is 3.99. The molecule has 0 saturated carbocycles. The molecule has 2 atom stereocenters. The van der Waals surface area contributed by atoms with E-state index in [4.69, 9.17) is 0 Å². The van der Waals surface area contributed by atoms with Gasteiger partial charge in [0.15, 0.2) is 0 Å². The molecule has 0 bridgehead atoms. The van der Waals surface area contributed by atoms with Crippen LogP contribution in [0.4, 0.5) is 0 Å². The van der Waals surface area contributed by atoms with Crippen LogP contribution in [0.2, 0.25) is 0 Å².